The molecule has 1 heterocycles. The van der Waals surface area contributed by atoms with E-state index in [-0.39, 0.29) is 24.5 Å². The number of nitrogens with zero attached hydrogens (tertiary/aromatic N) is 3. The van der Waals surface area contributed by atoms with Crippen molar-refractivity contribution in [1.29, 1.82) is 0 Å². The molecule has 2 unspecified atom stereocenters. The summed E-state index contributed by atoms with van der Waals surface area (Å²) in [5.74, 6) is 0.749. The Bertz CT molecular complexity index is 548. The average Bonchev–Trinajstić information content (AvgIpc) is 2.61. The minimum atomic E-state index is -0.309. The van der Waals surface area contributed by atoms with E-state index in [2.05, 4.69) is 67.5 Å². The van der Waals surface area contributed by atoms with Crippen molar-refractivity contribution in [3.05, 3.63) is 0 Å². The van der Waals surface area contributed by atoms with Crippen molar-refractivity contribution in [3.8, 4) is 0 Å². The molecule has 1 fully saturated rings. The van der Waals surface area contributed by atoms with Crippen molar-refractivity contribution in [2.45, 2.75) is 85.2 Å². The smallest absolute Gasteiger partial charge is 0.317 e. The van der Waals surface area contributed by atoms with Crippen molar-refractivity contribution >= 4 is 11.7 Å². The first kappa shape index (κ1) is 24.1. The minimum Gasteiger partial charge on any atom is -0.335 e. The van der Waals surface area contributed by atoms with E-state index in [1.807, 2.05) is 6.92 Å². The molecule has 1 aliphatic carbocycles. The predicted octanol–water partition coefficient (Wildman–Crippen LogP) is 2.84. The number of hydrogen-bond acceptors (Lipinski definition) is 5. The molecule has 29 heavy (non-hydrogen) atoms. The standard InChI is InChI=1S/C22H44N6O/c1-8-28-19(23-13-14-27(6)7)15-16(2)24-20(28)26-21(29)25-18-11-9-17(10-12-18)22(3,4)5/h17-20,23H,8-15H2,1-7H3,(H2,25,26,29). The number of aliphatic imine (C=N–C) groups is 1. The highest BCUT2D eigenvalue weighted by Gasteiger charge is 2.32. The first-order valence-electron chi connectivity index (χ1n) is 11.3. The number of amides is 2. The maximum atomic E-state index is 12.7. The molecule has 1 saturated carbocycles. The molecule has 7 nitrogen and oxygen atoms in total. The molecule has 0 bridgehead atoms. The first-order chi connectivity index (χ1) is 13.6. The fraction of sp³-hybridized carbons (Fsp3) is 0.909. The van der Waals surface area contributed by atoms with Crippen LogP contribution >= 0.6 is 0 Å². The zero-order valence-electron chi connectivity index (χ0n) is 19.7. The maximum absolute atomic E-state index is 12.7. The monoisotopic (exact) mass is 408 g/mol. The van der Waals surface area contributed by atoms with E-state index in [9.17, 15) is 4.79 Å². The van der Waals surface area contributed by atoms with Gasteiger partial charge < -0.3 is 20.9 Å². The van der Waals surface area contributed by atoms with Crippen molar-refractivity contribution in [2.75, 3.05) is 33.7 Å². The summed E-state index contributed by atoms with van der Waals surface area (Å²) in [4.78, 5) is 21.8. The third kappa shape index (κ3) is 7.54. The number of carbonyl (C=O) groups is 1. The molecule has 0 spiro atoms. The van der Waals surface area contributed by atoms with Gasteiger partial charge in [-0.15, -0.1) is 0 Å². The molecule has 0 radical (unpaired) electrons. The van der Waals surface area contributed by atoms with Crippen LogP contribution < -0.4 is 16.0 Å². The Morgan fingerprint density at radius 2 is 1.83 bits per heavy atom. The lowest BCUT2D eigenvalue weighted by atomic mass is 9.71. The molecule has 0 aromatic heterocycles. The van der Waals surface area contributed by atoms with Gasteiger partial charge in [-0.3, -0.25) is 4.99 Å². The molecule has 7 heteroatoms. The molecule has 2 rings (SSSR count). The summed E-state index contributed by atoms with van der Waals surface area (Å²) in [6, 6.07) is 0.171. The second-order valence-corrected chi connectivity index (χ2v) is 10.1. The summed E-state index contributed by atoms with van der Waals surface area (Å²) in [7, 11) is 4.16. The maximum Gasteiger partial charge on any atom is 0.317 e. The fourth-order valence-electron chi connectivity index (χ4n) is 4.50. The van der Waals surface area contributed by atoms with Gasteiger partial charge in [0, 0.05) is 37.8 Å². The highest BCUT2D eigenvalue weighted by atomic mass is 16.2. The molecule has 2 amide bonds. The summed E-state index contributed by atoms with van der Waals surface area (Å²) in [6.45, 7) is 13.9. The van der Waals surface area contributed by atoms with Gasteiger partial charge in [0.15, 0.2) is 6.29 Å². The third-order valence-electron chi connectivity index (χ3n) is 6.40. The van der Waals surface area contributed by atoms with Gasteiger partial charge in [0.25, 0.3) is 0 Å². The Hall–Kier alpha value is -1.18. The number of hydrogen-bond donors (Lipinski definition) is 3. The SMILES string of the molecule is CCN1C(NCCN(C)C)CC(C)=NC1NC(=O)NC1CCC(C(C)(C)C)CC1. The summed E-state index contributed by atoms with van der Waals surface area (Å²) in [6.07, 6.45) is 5.28. The van der Waals surface area contributed by atoms with Crippen molar-refractivity contribution in [2.24, 2.45) is 16.3 Å². The van der Waals surface area contributed by atoms with E-state index >= 15 is 0 Å². The van der Waals surface area contributed by atoms with Crippen LogP contribution in [0.15, 0.2) is 4.99 Å². The summed E-state index contributed by atoms with van der Waals surface area (Å²) < 4.78 is 0. The van der Waals surface area contributed by atoms with Gasteiger partial charge in [-0.1, -0.05) is 27.7 Å². The number of urea groups is 1. The van der Waals surface area contributed by atoms with E-state index in [0.717, 1.165) is 50.5 Å². The molecular weight excluding hydrogens is 364 g/mol. The predicted molar refractivity (Wildman–Crippen MR) is 121 cm³/mol. The van der Waals surface area contributed by atoms with E-state index in [4.69, 9.17) is 4.99 Å². The number of nitrogens with one attached hydrogen (secondary N) is 3. The summed E-state index contributed by atoms with van der Waals surface area (Å²) in [5.41, 5.74) is 1.44. The van der Waals surface area contributed by atoms with Crippen LogP contribution in [-0.4, -0.2) is 73.8 Å². The molecule has 2 atom stereocenters. The highest BCUT2D eigenvalue weighted by Crippen LogP contribution is 2.37. The number of carbonyl (C=O) groups excluding carboxylic acids is 1. The molecule has 2 aliphatic rings. The van der Waals surface area contributed by atoms with Gasteiger partial charge in [0.2, 0.25) is 0 Å². The van der Waals surface area contributed by atoms with Crippen LogP contribution in [0.25, 0.3) is 0 Å². The molecule has 0 aromatic rings. The van der Waals surface area contributed by atoms with Crippen LogP contribution in [0.5, 0.6) is 0 Å². The van der Waals surface area contributed by atoms with Crippen molar-refractivity contribution in [1.82, 2.24) is 25.8 Å². The molecule has 1 aliphatic heterocycles. The van der Waals surface area contributed by atoms with E-state index in [0.29, 0.717) is 5.41 Å². The topological polar surface area (TPSA) is 72.0 Å². The van der Waals surface area contributed by atoms with Crippen LogP contribution in [0, 0.1) is 11.3 Å². The zero-order chi connectivity index (χ0) is 21.6. The largest absolute Gasteiger partial charge is 0.335 e. The van der Waals surface area contributed by atoms with Gasteiger partial charge in [-0.2, -0.15) is 0 Å². The molecular formula is C22H44N6O. The van der Waals surface area contributed by atoms with Crippen LogP contribution in [0.2, 0.25) is 0 Å². The van der Waals surface area contributed by atoms with Crippen molar-refractivity contribution in [3.63, 3.8) is 0 Å². The van der Waals surface area contributed by atoms with Crippen LogP contribution in [0.3, 0.4) is 0 Å². The fourth-order valence-corrected chi connectivity index (χ4v) is 4.50. The van der Waals surface area contributed by atoms with Gasteiger partial charge in [0.1, 0.15) is 0 Å². The average molecular weight is 409 g/mol. The Morgan fingerprint density at radius 3 is 2.38 bits per heavy atom. The summed E-state index contributed by atoms with van der Waals surface area (Å²) in [5, 5.41) is 9.92. The molecule has 0 saturated heterocycles. The highest BCUT2D eigenvalue weighted by molar-refractivity contribution is 5.83. The lowest BCUT2D eigenvalue weighted by Gasteiger charge is -2.40. The quantitative estimate of drug-likeness (QED) is 0.606. The first-order valence-corrected chi connectivity index (χ1v) is 11.3. The minimum absolute atomic E-state index is 0.0989. The lowest BCUT2D eigenvalue weighted by molar-refractivity contribution is 0.0941. The van der Waals surface area contributed by atoms with Gasteiger partial charge in [-0.25, -0.2) is 9.69 Å². The number of likely N-dealkylation sites (N-methyl/N-ethyl adjacent to an activating group) is 1. The van der Waals surface area contributed by atoms with Crippen LogP contribution in [0.4, 0.5) is 4.79 Å². The second kappa shape index (κ2) is 10.7. The zero-order valence-corrected chi connectivity index (χ0v) is 19.7. The lowest BCUT2D eigenvalue weighted by Crippen LogP contribution is -2.61. The van der Waals surface area contributed by atoms with E-state index < -0.39 is 0 Å². The Kier molecular flexibility index (Phi) is 8.91. The molecule has 168 valence electrons. The van der Waals surface area contributed by atoms with Crippen LogP contribution in [0.1, 0.15) is 66.7 Å². The Morgan fingerprint density at radius 1 is 1.17 bits per heavy atom. The van der Waals surface area contributed by atoms with E-state index in [1.54, 1.807) is 0 Å². The van der Waals surface area contributed by atoms with Crippen molar-refractivity contribution < 1.29 is 4.79 Å². The molecule has 0 aromatic carbocycles. The second-order valence-electron chi connectivity index (χ2n) is 10.1. The van der Waals surface area contributed by atoms with Gasteiger partial charge in [0.05, 0.1) is 6.17 Å². The Balaban J connectivity index is 1.87. The van der Waals surface area contributed by atoms with Gasteiger partial charge >= 0.3 is 6.03 Å². The van der Waals surface area contributed by atoms with Gasteiger partial charge in [-0.05, 0) is 58.0 Å². The van der Waals surface area contributed by atoms with Crippen LogP contribution in [-0.2, 0) is 0 Å². The normalized spacial score (nSPS) is 28.9. The number of rotatable bonds is 7. The summed E-state index contributed by atoms with van der Waals surface area (Å²) >= 11 is 0. The third-order valence-corrected chi connectivity index (χ3v) is 6.40. The van der Waals surface area contributed by atoms with E-state index in [1.165, 1.54) is 12.8 Å². The Labute approximate surface area is 178 Å². The molecule has 3 N–H and O–H groups in total.